The quantitative estimate of drug-likeness (QED) is 0.771. The third kappa shape index (κ3) is 2.01. The molecular weight excluding hydrogens is 188 g/mol. The Morgan fingerprint density at radius 2 is 1.86 bits per heavy atom. The minimum Gasteiger partial charge on any atom is -0.505 e. The van der Waals surface area contributed by atoms with E-state index in [1.54, 1.807) is 0 Å². The molecular formula is C10H13F2NO. The summed E-state index contributed by atoms with van der Waals surface area (Å²) in [6, 6.07) is 1.12. The molecule has 0 heterocycles. The highest BCUT2D eigenvalue weighted by Crippen LogP contribution is 2.30. The van der Waals surface area contributed by atoms with Gasteiger partial charge in [-0.3, -0.25) is 0 Å². The Morgan fingerprint density at radius 1 is 1.29 bits per heavy atom. The second-order valence-electron chi connectivity index (χ2n) is 3.60. The van der Waals surface area contributed by atoms with Crippen molar-refractivity contribution in [1.82, 2.24) is 0 Å². The van der Waals surface area contributed by atoms with Gasteiger partial charge in [-0.2, -0.15) is 0 Å². The minimum atomic E-state index is -0.976. The average Bonchev–Trinajstić information content (AvgIpc) is 2.09. The van der Waals surface area contributed by atoms with Crippen molar-refractivity contribution in [2.75, 3.05) is 0 Å². The molecule has 14 heavy (non-hydrogen) atoms. The van der Waals surface area contributed by atoms with Crippen LogP contribution in [0.3, 0.4) is 0 Å². The number of benzene rings is 1. The van der Waals surface area contributed by atoms with E-state index in [9.17, 15) is 13.9 Å². The lowest BCUT2D eigenvalue weighted by Gasteiger charge is -2.17. The van der Waals surface area contributed by atoms with Crippen molar-refractivity contribution in [3.05, 3.63) is 29.3 Å². The van der Waals surface area contributed by atoms with Gasteiger partial charge in [-0.1, -0.05) is 13.8 Å². The van der Waals surface area contributed by atoms with E-state index in [1.165, 1.54) is 0 Å². The van der Waals surface area contributed by atoms with E-state index in [2.05, 4.69) is 0 Å². The molecule has 1 aromatic rings. The summed E-state index contributed by atoms with van der Waals surface area (Å²) >= 11 is 0. The molecule has 3 N–H and O–H groups in total. The third-order valence-corrected chi connectivity index (χ3v) is 2.14. The van der Waals surface area contributed by atoms with E-state index in [0.717, 1.165) is 6.07 Å². The highest BCUT2D eigenvalue weighted by Gasteiger charge is 2.18. The van der Waals surface area contributed by atoms with Crippen LogP contribution in [0.5, 0.6) is 5.75 Å². The van der Waals surface area contributed by atoms with Crippen molar-refractivity contribution in [2.24, 2.45) is 11.7 Å². The van der Waals surface area contributed by atoms with Crippen LogP contribution >= 0.6 is 0 Å². The molecule has 1 unspecified atom stereocenters. The SMILES string of the molecule is CC(C)C(N)c1cc(F)cc(F)c1O. The Morgan fingerprint density at radius 3 is 2.36 bits per heavy atom. The number of phenolic OH excluding ortho intramolecular Hbond substituents is 1. The predicted molar refractivity (Wildman–Crippen MR) is 49.8 cm³/mol. The van der Waals surface area contributed by atoms with E-state index >= 15 is 0 Å². The number of rotatable bonds is 2. The van der Waals surface area contributed by atoms with Crippen LogP contribution in [0.1, 0.15) is 25.5 Å². The van der Waals surface area contributed by atoms with Crippen LogP contribution in [0, 0.1) is 17.6 Å². The average molecular weight is 201 g/mol. The van der Waals surface area contributed by atoms with Crippen molar-refractivity contribution >= 4 is 0 Å². The van der Waals surface area contributed by atoms with Gasteiger partial charge in [-0.05, 0) is 12.0 Å². The second kappa shape index (κ2) is 3.92. The van der Waals surface area contributed by atoms with Crippen LogP contribution in [0.25, 0.3) is 0 Å². The fourth-order valence-corrected chi connectivity index (χ4v) is 1.20. The molecule has 4 heteroatoms. The van der Waals surface area contributed by atoms with Crippen molar-refractivity contribution in [2.45, 2.75) is 19.9 Å². The Bertz CT molecular complexity index is 339. The molecule has 0 bridgehead atoms. The first kappa shape index (κ1) is 10.9. The summed E-state index contributed by atoms with van der Waals surface area (Å²) in [7, 11) is 0. The summed E-state index contributed by atoms with van der Waals surface area (Å²) in [4.78, 5) is 0. The van der Waals surface area contributed by atoms with E-state index in [-0.39, 0.29) is 11.5 Å². The van der Waals surface area contributed by atoms with Crippen molar-refractivity contribution in [3.63, 3.8) is 0 Å². The first-order valence-corrected chi connectivity index (χ1v) is 4.37. The smallest absolute Gasteiger partial charge is 0.168 e. The third-order valence-electron chi connectivity index (χ3n) is 2.14. The molecule has 0 aliphatic rings. The van der Waals surface area contributed by atoms with Gasteiger partial charge in [0.15, 0.2) is 11.6 Å². The maximum atomic E-state index is 12.9. The summed E-state index contributed by atoms with van der Waals surface area (Å²) < 4.78 is 25.7. The summed E-state index contributed by atoms with van der Waals surface area (Å²) in [5.74, 6) is -2.27. The van der Waals surface area contributed by atoms with Gasteiger partial charge < -0.3 is 10.8 Å². The molecule has 0 saturated heterocycles. The van der Waals surface area contributed by atoms with E-state index in [0.29, 0.717) is 6.07 Å². The predicted octanol–water partition coefficient (Wildman–Crippen LogP) is 2.33. The lowest BCUT2D eigenvalue weighted by molar-refractivity contribution is 0.402. The highest BCUT2D eigenvalue weighted by atomic mass is 19.1. The Balaban J connectivity index is 3.20. The van der Waals surface area contributed by atoms with Crippen LogP contribution in [-0.2, 0) is 0 Å². The number of hydrogen-bond donors (Lipinski definition) is 2. The standard InChI is InChI=1S/C10H13F2NO/c1-5(2)9(13)7-3-6(11)4-8(12)10(7)14/h3-5,9,14H,13H2,1-2H3. The molecule has 2 nitrogen and oxygen atoms in total. The second-order valence-corrected chi connectivity index (χ2v) is 3.60. The van der Waals surface area contributed by atoms with Crippen LogP contribution in [-0.4, -0.2) is 5.11 Å². The molecule has 0 aliphatic carbocycles. The van der Waals surface area contributed by atoms with Gasteiger partial charge in [-0.15, -0.1) is 0 Å². The number of phenols is 1. The Hall–Kier alpha value is -1.16. The molecule has 1 aromatic carbocycles. The Labute approximate surface area is 81.4 Å². The molecule has 1 rings (SSSR count). The van der Waals surface area contributed by atoms with Crippen LogP contribution in [0.15, 0.2) is 12.1 Å². The lowest BCUT2D eigenvalue weighted by Crippen LogP contribution is -2.17. The molecule has 0 aliphatic heterocycles. The van der Waals surface area contributed by atoms with Gasteiger partial charge in [0.2, 0.25) is 0 Å². The van der Waals surface area contributed by atoms with Gasteiger partial charge >= 0.3 is 0 Å². The highest BCUT2D eigenvalue weighted by molar-refractivity contribution is 5.36. The molecule has 0 saturated carbocycles. The van der Waals surface area contributed by atoms with E-state index < -0.39 is 23.4 Å². The van der Waals surface area contributed by atoms with Gasteiger partial charge in [0, 0.05) is 17.7 Å². The first-order chi connectivity index (χ1) is 6.43. The molecule has 78 valence electrons. The fraction of sp³-hybridized carbons (Fsp3) is 0.400. The fourth-order valence-electron chi connectivity index (χ4n) is 1.20. The zero-order valence-corrected chi connectivity index (χ0v) is 8.09. The summed E-state index contributed by atoms with van der Waals surface area (Å²) in [6.07, 6.45) is 0. The molecule has 0 aromatic heterocycles. The molecule has 0 amide bonds. The van der Waals surface area contributed by atoms with Gasteiger partial charge in [0.25, 0.3) is 0 Å². The van der Waals surface area contributed by atoms with Crippen molar-refractivity contribution in [1.29, 1.82) is 0 Å². The Kier molecular flexibility index (Phi) is 3.06. The van der Waals surface area contributed by atoms with Gasteiger partial charge in [0.1, 0.15) is 5.82 Å². The van der Waals surface area contributed by atoms with E-state index in [4.69, 9.17) is 5.73 Å². The number of nitrogens with two attached hydrogens (primary N) is 1. The summed E-state index contributed by atoms with van der Waals surface area (Å²) in [5.41, 5.74) is 5.79. The normalized spacial score (nSPS) is 13.3. The lowest BCUT2D eigenvalue weighted by atomic mass is 9.96. The molecule has 1 atom stereocenters. The summed E-state index contributed by atoms with van der Waals surface area (Å²) in [5, 5.41) is 9.32. The zero-order chi connectivity index (χ0) is 10.9. The number of aromatic hydroxyl groups is 1. The molecule has 0 fully saturated rings. The van der Waals surface area contributed by atoms with Crippen molar-refractivity contribution in [3.8, 4) is 5.75 Å². The van der Waals surface area contributed by atoms with Gasteiger partial charge in [0.05, 0.1) is 0 Å². The maximum absolute atomic E-state index is 12.9. The molecule has 0 spiro atoms. The largest absolute Gasteiger partial charge is 0.505 e. The van der Waals surface area contributed by atoms with Crippen LogP contribution in [0.2, 0.25) is 0 Å². The first-order valence-electron chi connectivity index (χ1n) is 4.37. The topological polar surface area (TPSA) is 46.2 Å². The van der Waals surface area contributed by atoms with Crippen LogP contribution in [0.4, 0.5) is 8.78 Å². The van der Waals surface area contributed by atoms with Gasteiger partial charge in [-0.25, -0.2) is 8.78 Å². The number of halogens is 2. The molecule has 0 radical (unpaired) electrons. The zero-order valence-electron chi connectivity index (χ0n) is 8.09. The monoisotopic (exact) mass is 201 g/mol. The van der Waals surface area contributed by atoms with Crippen LogP contribution < -0.4 is 5.73 Å². The summed E-state index contributed by atoms with van der Waals surface area (Å²) in [6.45, 7) is 3.62. The minimum absolute atomic E-state index is 0.00194. The number of hydrogen-bond acceptors (Lipinski definition) is 2. The van der Waals surface area contributed by atoms with E-state index in [1.807, 2.05) is 13.8 Å². The maximum Gasteiger partial charge on any atom is 0.168 e. The van der Waals surface area contributed by atoms with Crippen molar-refractivity contribution < 1.29 is 13.9 Å².